The summed E-state index contributed by atoms with van der Waals surface area (Å²) in [4.78, 5) is 47.4. The van der Waals surface area contributed by atoms with Crippen LogP contribution in [0.4, 0.5) is 4.79 Å². The SMILES string of the molecule is C=CCNC(=O)OC1CC(C(=O)NCC(N)=O)=CC(NC(=O)CC(C)(C)C)C1O. The second-order valence-electron chi connectivity index (χ2n) is 7.98. The number of carbonyl (C=O) groups excluding carboxylic acids is 4. The molecule has 0 saturated carbocycles. The summed E-state index contributed by atoms with van der Waals surface area (Å²) in [6.07, 6.45) is -0.204. The van der Waals surface area contributed by atoms with Crippen molar-refractivity contribution in [1.82, 2.24) is 16.0 Å². The molecule has 6 N–H and O–H groups in total. The molecule has 3 atom stereocenters. The van der Waals surface area contributed by atoms with Crippen LogP contribution in [-0.4, -0.2) is 60.3 Å². The fraction of sp³-hybridized carbons (Fsp3) is 0.579. The number of ether oxygens (including phenoxy) is 1. The van der Waals surface area contributed by atoms with E-state index < -0.39 is 36.2 Å². The van der Waals surface area contributed by atoms with Gasteiger partial charge in [-0.15, -0.1) is 6.58 Å². The molecule has 1 rings (SSSR count). The number of amides is 4. The quantitative estimate of drug-likeness (QED) is 0.339. The molecule has 0 bridgehead atoms. The van der Waals surface area contributed by atoms with E-state index in [2.05, 4.69) is 22.5 Å². The standard InChI is InChI=1S/C19H30N4O6/c1-5-6-21-18(28)29-13-8-11(17(27)22-10-14(20)24)7-12(16(13)26)23-15(25)9-19(2,3)4/h5,7,12-13,16,26H,1,6,8-10H2,2-4H3,(H2,20,24)(H,21,28)(H,22,27)(H,23,25). The molecule has 0 aromatic carbocycles. The monoisotopic (exact) mass is 410 g/mol. The van der Waals surface area contributed by atoms with Gasteiger partial charge < -0.3 is 31.5 Å². The molecular weight excluding hydrogens is 380 g/mol. The molecule has 3 unspecified atom stereocenters. The van der Waals surface area contributed by atoms with Crippen LogP contribution in [0.25, 0.3) is 0 Å². The molecule has 10 heteroatoms. The summed E-state index contributed by atoms with van der Waals surface area (Å²) in [7, 11) is 0. The number of alkyl carbamates (subject to hydrolysis) is 1. The third-order valence-corrected chi connectivity index (χ3v) is 3.93. The van der Waals surface area contributed by atoms with Gasteiger partial charge in [-0.3, -0.25) is 14.4 Å². The van der Waals surface area contributed by atoms with Crippen LogP contribution >= 0.6 is 0 Å². The van der Waals surface area contributed by atoms with E-state index in [-0.39, 0.29) is 42.8 Å². The zero-order chi connectivity index (χ0) is 22.2. The summed E-state index contributed by atoms with van der Waals surface area (Å²) < 4.78 is 5.21. The minimum absolute atomic E-state index is 0.0983. The van der Waals surface area contributed by atoms with Gasteiger partial charge in [0.1, 0.15) is 12.2 Å². The number of aliphatic hydroxyl groups excluding tert-OH is 1. The maximum absolute atomic E-state index is 12.3. The van der Waals surface area contributed by atoms with Crippen molar-refractivity contribution in [3.8, 4) is 0 Å². The highest BCUT2D eigenvalue weighted by molar-refractivity contribution is 5.96. The Bertz CT molecular complexity index is 683. The van der Waals surface area contributed by atoms with Gasteiger partial charge in [0.15, 0.2) is 0 Å². The molecule has 0 fully saturated rings. The van der Waals surface area contributed by atoms with Gasteiger partial charge in [0.05, 0.1) is 12.6 Å². The minimum Gasteiger partial charge on any atom is -0.443 e. The van der Waals surface area contributed by atoms with Crippen molar-refractivity contribution >= 4 is 23.8 Å². The zero-order valence-corrected chi connectivity index (χ0v) is 17.0. The lowest BCUT2D eigenvalue weighted by molar-refractivity contribution is -0.125. The van der Waals surface area contributed by atoms with Gasteiger partial charge in [-0.1, -0.05) is 32.9 Å². The summed E-state index contributed by atoms with van der Waals surface area (Å²) in [6, 6.07) is -0.954. The zero-order valence-electron chi connectivity index (χ0n) is 17.0. The fourth-order valence-corrected chi connectivity index (χ4v) is 2.69. The van der Waals surface area contributed by atoms with E-state index in [0.29, 0.717) is 0 Å². The molecule has 162 valence electrons. The molecule has 29 heavy (non-hydrogen) atoms. The van der Waals surface area contributed by atoms with Gasteiger partial charge >= 0.3 is 6.09 Å². The lowest BCUT2D eigenvalue weighted by atomic mass is 9.88. The number of hydrogen-bond acceptors (Lipinski definition) is 6. The van der Waals surface area contributed by atoms with Crippen molar-refractivity contribution < 1.29 is 29.0 Å². The van der Waals surface area contributed by atoms with Crippen LogP contribution in [0.3, 0.4) is 0 Å². The van der Waals surface area contributed by atoms with E-state index in [1.807, 2.05) is 20.8 Å². The van der Waals surface area contributed by atoms with Crippen molar-refractivity contribution in [3.63, 3.8) is 0 Å². The Balaban J connectivity index is 2.98. The van der Waals surface area contributed by atoms with E-state index in [0.717, 1.165) is 0 Å². The average Bonchev–Trinajstić information content (AvgIpc) is 2.59. The largest absolute Gasteiger partial charge is 0.443 e. The maximum Gasteiger partial charge on any atom is 0.407 e. The number of hydrogen-bond donors (Lipinski definition) is 5. The Morgan fingerprint density at radius 2 is 1.97 bits per heavy atom. The van der Waals surface area contributed by atoms with Crippen LogP contribution < -0.4 is 21.7 Å². The maximum atomic E-state index is 12.3. The molecule has 0 saturated heterocycles. The molecule has 0 radical (unpaired) electrons. The van der Waals surface area contributed by atoms with E-state index in [4.69, 9.17) is 10.5 Å². The molecule has 0 aromatic heterocycles. The van der Waals surface area contributed by atoms with Gasteiger partial charge in [0.2, 0.25) is 17.7 Å². The Hall–Kier alpha value is -2.88. The number of primary amides is 1. The molecule has 0 spiro atoms. The van der Waals surface area contributed by atoms with Crippen LogP contribution in [0.15, 0.2) is 24.3 Å². The molecule has 0 heterocycles. The second kappa shape index (κ2) is 10.6. The van der Waals surface area contributed by atoms with E-state index in [1.165, 1.54) is 12.2 Å². The van der Waals surface area contributed by atoms with Crippen molar-refractivity contribution in [1.29, 1.82) is 0 Å². The van der Waals surface area contributed by atoms with Crippen LogP contribution in [0.2, 0.25) is 0 Å². The third-order valence-electron chi connectivity index (χ3n) is 3.93. The predicted molar refractivity (Wildman–Crippen MR) is 105 cm³/mol. The first kappa shape index (κ1) is 24.2. The van der Waals surface area contributed by atoms with Crippen LogP contribution in [-0.2, 0) is 19.1 Å². The van der Waals surface area contributed by atoms with E-state index >= 15 is 0 Å². The Morgan fingerprint density at radius 1 is 1.31 bits per heavy atom. The van der Waals surface area contributed by atoms with Crippen LogP contribution in [0.5, 0.6) is 0 Å². The fourth-order valence-electron chi connectivity index (χ4n) is 2.69. The normalized spacial score (nSPS) is 21.4. The van der Waals surface area contributed by atoms with Gasteiger partial charge in [0, 0.05) is 25.0 Å². The highest BCUT2D eigenvalue weighted by Crippen LogP contribution is 2.24. The predicted octanol–water partition coefficient (Wildman–Crippen LogP) is -0.519. The summed E-state index contributed by atoms with van der Waals surface area (Å²) in [5.41, 5.74) is 4.90. The van der Waals surface area contributed by atoms with Crippen molar-refractivity contribution in [2.45, 2.75) is 51.9 Å². The molecular formula is C19H30N4O6. The molecule has 1 aliphatic rings. The minimum atomic E-state index is -1.26. The molecule has 1 aliphatic carbocycles. The highest BCUT2D eigenvalue weighted by Gasteiger charge is 2.37. The highest BCUT2D eigenvalue weighted by atomic mass is 16.6. The molecule has 4 amide bonds. The number of carbonyl (C=O) groups is 4. The Kier molecular flexibility index (Phi) is 8.84. The van der Waals surface area contributed by atoms with Gasteiger partial charge in [-0.05, 0) is 5.41 Å². The van der Waals surface area contributed by atoms with Gasteiger partial charge in [-0.2, -0.15) is 0 Å². The van der Waals surface area contributed by atoms with E-state index in [9.17, 15) is 24.3 Å². The number of nitrogens with two attached hydrogens (primary N) is 1. The summed E-state index contributed by atoms with van der Waals surface area (Å²) in [5.74, 6) is -1.65. The second-order valence-corrected chi connectivity index (χ2v) is 7.98. The smallest absolute Gasteiger partial charge is 0.407 e. The third kappa shape index (κ3) is 8.77. The number of nitrogens with one attached hydrogen (secondary N) is 3. The number of rotatable bonds is 8. The summed E-state index contributed by atoms with van der Waals surface area (Å²) >= 11 is 0. The average molecular weight is 410 g/mol. The van der Waals surface area contributed by atoms with Crippen LogP contribution in [0.1, 0.15) is 33.6 Å². The molecule has 0 aliphatic heterocycles. The van der Waals surface area contributed by atoms with Gasteiger partial charge in [0.25, 0.3) is 0 Å². The van der Waals surface area contributed by atoms with Crippen molar-refractivity contribution in [2.24, 2.45) is 11.1 Å². The van der Waals surface area contributed by atoms with Gasteiger partial charge in [-0.25, -0.2) is 4.79 Å². The topological polar surface area (TPSA) is 160 Å². The van der Waals surface area contributed by atoms with Crippen molar-refractivity contribution in [3.05, 3.63) is 24.3 Å². The van der Waals surface area contributed by atoms with E-state index in [1.54, 1.807) is 0 Å². The first-order valence-electron chi connectivity index (χ1n) is 9.23. The van der Waals surface area contributed by atoms with Crippen LogP contribution in [0, 0.1) is 5.41 Å². The first-order valence-corrected chi connectivity index (χ1v) is 9.23. The Labute approximate surface area is 169 Å². The molecule has 0 aromatic rings. The lowest BCUT2D eigenvalue weighted by Gasteiger charge is -2.34. The Morgan fingerprint density at radius 3 is 2.52 bits per heavy atom. The van der Waals surface area contributed by atoms with Crippen molar-refractivity contribution in [2.75, 3.05) is 13.1 Å². The summed E-state index contributed by atoms with van der Waals surface area (Å²) in [5, 5.41) is 18.0. The summed E-state index contributed by atoms with van der Waals surface area (Å²) in [6.45, 7) is 8.92. The molecule has 10 nitrogen and oxygen atoms in total. The lowest BCUT2D eigenvalue weighted by Crippen LogP contribution is -2.53. The first-order chi connectivity index (χ1) is 13.4. The number of aliphatic hydroxyl groups is 1.